The van der Waals surface area contributed by atoms with E-state index in [9.17, 15) is 9.90 Å². The number of ether oxygens (including phenoxy) is 1. The van der Waals surface area contributed by atoms with Crippen molar-refractivity contribution in [3.8, 4) is 11.5 Å². The molecule has 0 radical (unpaired) electrons. The van der Waals surface area contributed by atoms with Gasteiger partial charge in [-0.3, -0.25) is 9.69 Å². The van der Waals surface area contributed by atoms with E-state index < -0.39 is 5.97 Å². The Kier molecular flexibility index (Phi) is 3.72. The van der Waals surface area contributed by atoms with Crippen molar-refractivity contribution in [3.05, 3.63) is 23.8 Å². The van der Waals surface area contributed by atoms with E-state index >= 15 is 0 Å². The van der Waals surface area contributed by atoms with Crippen molar-refractivity contribution in [1.82, 2.24) is 4.90 Å². The molecule has 0 aromatic heterocycles. The summed E-state index contributed by atoms with van der Waals surface area (Å²) < 4.78 is 5.53. The molecule has 1 aliphatic rings. The Morgan fingerprint density at radius 1 is 1.56 bits per heavy atom. The van der Waals surface area contributed by atoms with Crippen LogP contribution in [0.4, 0.5) is 0 Å². The van der Waals surface area contributed by atoms with E-state index in [4.69, 9.17) is 9.84 Å². The number of carboxylic acid groups (broad SMARTS) is 1. The predicted octanol–water partition coefficient (Wildman–Crippen LogP) is 1.62. The zero-order valence-electron chi connectivity index (χ0n) is 10.3. The summed E-state index contributed by atoms with van der Waals surface area (Å²) in [5.41, 5.74) is 1.01. The van der Waals surface area contributed by atoms with Gasteiger partial charge in [0.15, 0.2) is 0 Å². The summed E-state index contributed by atoms with van der Waals surface area (Å²) in [6, 6.07) is 5.14. The maximum atomic E-state index is 10.6. The summed E-state index contributed by atoms with van der Waals surface area (Å²) in [7, 11) is 0. The standard InChI is InChI=1S/C13H17NO4/c1-2-14(6-5-13(16)17)11-8-18-12-7-9(15)3-4-10(11)12/h3-4,7,11,15H,2,5-6,8H2,1H3,(H,16,17). The molecule has 5 heteroatoms. The Balaban J connectivity index is 2.13. The highest BCUT2D eigenvalue weighted by molar-refractivity contribution is 5.66. The Bertz CT molecular complexity index is 447. The van der Waals surface area contributed by atoms with Crippen LogP contribution in [0.2, 0.25) is 0 Å². The lowest BCUT2D eigenvalue weighted by Gasteiger charge is -2.25. The van der Waals surface area contributed by atoms with Crippen LogP contribution in [0.3, 0.4) is 0 Å². The third-order valence-electron chi connectivity index (χ3n) is 3.21. The first kappa shape index (κ1) is 12.7. The molecule has 2 rings (SSSR count). The van der Waals surface area contributed by atoms with E-state index in [-0.39, 0.29) is 18.2 Å². The zero-order valence-corrected chi connectivity index (χ0v) is 10.3. The average Bonchev–Trinajstić information content (AvgIpc) is 2.73. The molecule has 5 nitrogen and oxygen atoms in total. The van der Waals surface area contributed by atoms with Gasteiger partial charge in [0.05, 0.1) is 12.5 Å². The largest absolute Gasteiger partial charge is 0.508 e. The summed E-state index contributed by atoms with van der Waals surface area (Å²) in [6.45, 7) is 3.77. The Morgan fingerprint density at radius 3 is 3.00 bits per heavy atom. The fourth-order valence-electron chi connectivity index (χ4n) is 2.26. The summed E-state index contributed by atoms with van der Waals surface area (Å²) in [6.07, 6.45) is 0.123. The molecule has 2 N–H and O–H groups in total. The number of hydrogen-bond acceptors (Lipinski definition) is 4. The number of aliphatic carboxylic acids is 1. The van der Waals surface area contributed by atoms with E-state index in [1.54, 1.807) is 12.1 Å². The minimum atomic E-state index is -0.793. The van der Waals surface area contributed by atoms with Crippen molar-refractivity contribution in [2.75, 3.05) is 19.7 Å². The molecule has 1 atom stereocenters. The first-order chi connectivity index (χ1) is 8.61. The van der Waals surface area contributed by atoms with E-state index in [0.717, 1.165) is 12.1 Å². The molecule has 0 spiro atoms. The van der Waals surface area contributed by atoms with Gasteiger partial charge in [0.2, 0.25) is 0 Å². The predicted molar refractivity (Wildman–Crippen MR) is 65.8 cm³/mol. The van der Waals surface area contributed by atoms with Gasteiger partial charge < -0.3 is 14.9 Å². The highest BCUT2D eigenvalue weighted by Crippen LogP contribution is 2.37. The molecular weight excluding hydrogens is 234 g/mol. The van der Waals surface area contributed by atoms with Gasteiger partial charge in [-0.1, -0.05) is 6.92 Å². The van der Waals surface area contributed by atoms with Gasteiger partial charge in [-0.25, -0.2) is 0 Å². The van der Waals surface area contributed by atoms with Crippen LogP contribution in [0.1, 0.15) is 24.9 Å². The van der Waals surface area contributed by atoms with Crippen LogP contribution in [-0.4, -0.2) is 40.8 Å². The number of phenols is 1. The number of likely N-dealkylation sites (N-methyl/N-ethyl adjacent to an activating group) is 1. The van der Waals surface area contributed by atoms with E-state index in [1.165, 1.54) is 0 Å². The second kappa shape index (κ2) is 5.27. The molecule has 0 fully saturated rings. The molecule has 0 saturated carbocycles. The first-order valence-corrected chi connectivity index (χ1v) is 6.03. The molecule has 0 amide bonds. The number of carbonyl (C=O) groups is 1. The second-order valence-corrected chi connectivity index (χ2v) is 4.32. The van der Waals surface area contributed by atoms with Crippen molar-refractivity contribution in [2.45, 2.75) is 19.4 Å². The number of nitrogens with zero attached hydrogens (tertiary/aromatic N) is 1. The van der Waals surface area contributed by atoms with Crippen LogP contribution < -0.4 is 4.74 Å². The lowest BCUT2D eigenvalue weighted by molar-refractivity contribution is -0.137. The SMILES string of the molecule is CCN(CCC(=O)O)C1COc2cc(O)ccc21. The lowest BCUT2D eigenvalue weighted by Crippen LogP contribution is -2.31. The molecule has 1 aliphatic heterocycles. The van der Waals surface area contributed by atoms with Crippen LogP contribution in [0, 0.1) is 0 Å². The minimum absolute atomic E-state index is 0.0740. The van der Waals surface area contributed by atoms with E-state index in [0.29, 0.717) is 18.9 Å². The van der Waals surface area contributed by atoms with Crippen LogP contribution in [0.5, 0.6) is 11.5 Å². The summed E-state index contributed by atoms with van der Waals surface area (Å²) in [5.74, 6) is 0.0788. The highest BCUT2D eigenvalue weighted by Gasteiger charge is 2.29. The van der Waals surface area contributed by atoms with Crippen molar-refractivity contribution in [2.24, 2.45) is 0 Å². The molecule has 0 saturated heterocycles. The molecule has 1 aromatic rings. The highest BCUT2D eigenvalue weighted by atomic mass is 16.5. The van der Waals surface area contributed by atoms with Crippen molar-refractivity contribution in [3.63, 3.8) is 0 Å². The van der Waals surface area contributed by atoms with Gasteiger partial charge in [-0.15, -0.1) is 0 Å². The van der Waals surface area contributed by atoms with Crippen molar-refractivity contribution >= 4 is 5.97 Å². The Labute approximate surface area is 106 Å². The van der Waals surface area contributed by atoms with Crippen LogP contribution in [0.15, 0.2) is 18.2 Å². The third kappa shape index (κ3) is 2.56. The number of phenolic OH excluding ortho intramolecular Hbond substituents is 1. The Morgan fingerprint density at radius 2 is 2.33 bits per heavy atom. The number of aromatic hydroxyl groups is 1. The topological polar surface area (TPSA) is 70.0 Å². The van der Waals surface area contributed by atoms with Gasteiger partial charge in [-0.05, 0) is 18.7 Å². The molecule has 1 unspecified atom stereocenters. The maximum Gasteiger partial charge on any atom is 0.304 e. The number of carboxylic acids is 1. The normalized spacial score (nSPS) is 17.6. The van der Waals surface area contributed by atoms with Crippen molar-refractivity contribution < 1.29 is 19.7 Å². The molecule has 98 valence electrons. The zero-order chi connectivity index (χ0) is 13.1. The molecule has 18 heavy (non-hydrogen) atoms. The smallest absolute Gasteiger partial charge is 0.304 e. The van der Waals surface area contributed by atoms with E-state index in [1.807, 2.05) is 13.0 Å². The molecule has 0 bridgehead atoms. The van der Waals surface area contributed by atoms with Crippen LogP contribution in [0.25, 0.3) is 0 Å². The number of benzene rings is 1. The quantitative estimate of drug-likeness (QED) is 0.832. The van der Waals surface area contributed by atoms with Crippen LogP contribution >= 0.6 is 0 Å². The minimum Gasteiger partial charge on any atom is -0.508 e. The fourth-order valence-corrected chi connectivity index (χ4v) is 2.26. The van der Waals surface area contributed by atoms with Crippen LogP contribution in [-0.2, 0) is 4.79 Å². The Hall–Kier alpha value is -1.75. The van der Waals surface area contributed by atoms with Gasteiger partial charge in [0.25, 0.3) is 0 Å². The summed E-state index contributed by atoms with van der Waals surface area (Å²) in [5, 5.41) is 18.1. The summed E-state index contributed by atoms with van der Waals surface area (Å²) >= 11 is 0. The van der Waals surface area contributed by atoms with Gasteiger partial charge in [0, 0.05) is 18.2 Å². The molecule has 1 aromatic carbocycles. The third-order valence-corrected chi connectivity index (χ3v) is 3.21. The first-order valence-electron chi connectivity index (χ1n) is 6.03. The van der Waals surface area contributed by atoms with Crippen molar-refractivity contribution in [1.29, 1.82) is 0 Å². The number of hydrogen-bond donors (Lipinski definition) is 2. The van der Waals surface area contributed by atoms with Gasteiger partial charge in [0.1, 0.15) is 18.1 Å². The second-order valence-electron chi connectivity index (χ2n) is 4.32. The molecule has 0 aliphatic carbocycles. The lowest BCUT2D eigenvalue weighted by atomic mass is 10.1. The number of fused-ring (bicyclic) bond motifs is 1. The monoisotopic (exact) mass is 251 g/mol. The number of rotatable bonds is 5. The molecule has 1 heterocycles. The van der Waals surface area contributed by atoms with Gasteiger partial charge in [-0.2, -0.15) is 0 Å². The summed E-state index contributed by atoms with van der Waals surface area (Å²) in [4.78, 5) is 12.7. The average molecular weight is 251 g/mol. The maximum absolute atomic E-state index is 10.6. The van der Waals surface area contributed by atoms with Gasteiger partial charge >= 0.3 is 5.97 Å². The van der Waals surface area contributed by atoms with E-state index in [2.05, 4.69) is 4.90 Å². The fraction of sp³-hybridized carbons (Fsp3) is 0.462. The molecular formula is C13H17NO4.